The van der Waals surface area contributed by atoms with Gasteiger partial charge in [-0.25, -0.2) is 0 Å². The van der Waals surface area contributed by atoms with Crippen molar-refractivity contribution in [3.8, 4) is 0 Å². The topological polar surface area (TPSA) is 28.9 Å². The highest BCUT2D eigenvalue weighted by Gasteiger charge is 2.05. The summed E-state index contributed by atoms with van der Waals surface area (Å²) < 4.78 is 5.21. The van der Waals surface area contributed by atoms with Gasteiger partial charge in [0.2, 0.25) is 0 Å². The van der Waals surface area contributed by atoms with Crippen LogP contribution in [0.15, 0.2) is 16.5 Å². The van der Waals surface area contributed by atoms with E-state index in [2.05, 4.69) is 4.98 Å². The quantitative estimate of drug-likeness (QED) is 0.659. The lowest BCUT2D eigenvalue weighted by Gasteiger charge is -1.93. The van der Waals surface area contributed by atoms with E-state index in [1.807, 2.05) is 13.0 Å². The molecule has 0 saturated heterocycles. The molecule has 0 saturated carbocycles. The van der Waals surface area contributed by atoms with E-state index in [4.69, 9.17) is 28.2 Å². The van der Waals surface area contributed by atoms with E-state index < -0.39 is 0 Å². The van der Waals surface area contributed by atoms with Crippen LogP contribution in [0.1, 0.15) is 5.56 Å². The minimum absolute atomic E-state index is 0.362. The minimum Gasteiger partial charge on any atom is -0.428 e. The van der Waals surface area contributed by atoms with E-state index in [1.54, 1.807) is 6.07 Å². The van der Waals surface area contributed by atoms with Gasteiger partial charge in [-0.15, -0.1) is 0 Å². The summed E-state index contributed by atoms with van der Waals surface area (Å²) in [5.41, 5.74) is 2.60. The van der Waals surface area contributed by atoms with Crippen molar-refractivity contribution in [1.82, 2.24) is 4.98 Å². The van der Waals surface area contributed by atoms with Crippen molar-refractivity contribution in [3.05, 3.63) is 27.6 Å². The monoisotopic (exact) mass is 199 g/mol. The molecule has 0 radical (unpaired) electrons. The first-order valence-electron chi connectivity index (χ1n) is 3.46. The maximum atomic E-state index is 5.88. The third kappa shape index (κ3) is 1.06. The average Bonchev–Trinajstić information content (AvgIpc) is 2.41. The molecule has 62 valence electrons. The zero-order chi connectivity index (χ0) is 8.72. The zero-order valence-corrected chi connectivity index (χ0v) is 7.92. The third-order valence-corrected chi connectivity index (χ3v) is 2.22. The second-order valence-electron chi connectivity index (χ2n) is 2.58. The number of hydrogen-bond donors (Lipinski definition) is 1. The Morgan fingerprint density at radius 3 is 2.92 bits per heavy atom. The summed E-state index contributed by atoms with van der Waals surface area (Å²) >= 11 is 10.7. The number of benzene rings is 1. The average molecular weight is 200 g/mol. The van der Waals surface area contributed by atoms with Gasteiger partial charge in [-0.1, -0.05) is 17.7 Å². The Kier molecular flexibility index (Phi) is 1.70. The fourth-order valence-corrected chi connectivity index (χ4v) is 1.51. The maximum Gasteiger partial charge on any atom is 0.266 e. The molecule has 4 heteroatoms. The lowest BCUT2D eigenvalue weighted by molar-refractivity contribution is 0.583. The second-order valence-corrected chi connectivity index (χ2v) is 3.36. The Hall–Kier alpha value is -0.800. The summed E-state index contributed by atoms with van der Waals surface area (Å²) in [6, 6.07) is 3.72. The first-order chi connectivity index (χ1) is 5.68. The molecular weight excluding hydrogens is 194 g/mol. The molecule has 0 bridgehead atoms. The number of aromatic nitrogens is 1. The number of nitrogens with one attached hydrogen (secondary N) is 1. The highest BCUT2D eigenvalue weighted by Crippen LogP contribution is 2.25. The third-order valence-electron chi connectivity index (χ3n) is 1.74. The van der Waals surface area contributed by atoms with Crippen molar-refractivity contribution in [2.24, 2.45) is 0 Å². The molecule has 1 aromatic carbocycles. The van der Waals surface area contributed by atoms with Crippen molar-refractivity contribution in [1.29, 1.82) is 0 Å². The van der Waals surface area contributed by atoms with Crippen LogP contribution < -0.4 is 0 Å². The fourth-order valence-electron chi connectivity index (χ4n) is 1.13. The molecule has 0 spiro atoms. The van der Waals surface area contributed by atoms with E-state index >= 15 is 0 Å². The molecular formula is C8H6ClNOS. The lowest BCUT2D eigenvalue weighted by atomic mass is 10.2. The van der Waals surface area contributed by atoms with E-state index in [1.165, 1.54) is 0 Å². The van der Waals surface area contributed by atoms with Gasteiger partial charge in [0, 0.05) is 0 Å². The molecule has 0 aliphatic carbocycles. The number of fused-ring (bicyclic) bond motifs is 1. The van der Waals surface area contributed by atoms with Gasteiger partial charge in [-0.2, -0.15) is 0 Å². The first-order valence-corrected chi connectivity index (χ1v) is 4.25. The number of H-pyrrole nitrogens is 1. The number of hydrogen-bond acceptors (Lipinski definition) is 2. The molecule has 2 nitrogen and oxygen atoms in total. The molecule has 0 unspecified atom stereocenters. The van der Waals surface area contributed by atoms with Gasteiger partial charge in [0.15, 0.2) is 5.58 Å². The van der Waals surface area contributed by atoms with Crippen LogP contribution in [0.4, 0.5) is 0 Å². The Balaban J connectivity index is 3.03. The van der Waals surface area contributed by atoms with Gasteiger partial charge < -0.3 is 9.40 Å². The Labute approximate surface area is 79.2 Å². The summed E-state index contributed by atoms with van der Waals surface area (Å²) in [5.74, 6) is 0. The van der Waals surface area contributed by atoms with Crippen molar-refractivity contribution in [2.45, 2.75) is 6.92 Å². The SMILES string of the molecule is Cc1ccc(Cl)c2oc(=S)[nH]c12. The smallest absolute Gasteiger partial charge is 0.266 e. The van der Waals surface area contributed by atoms with Gasteiger partial charge in [0.05, 0.1) is 10.5 Å². The molecule has 2 aromatic rings. The second kappa shape index (κ2) is 2.61. The Morgan fingerprint density at radius 1 is 1.50 bits per heavy atom. The van der Waals surface area contributed by atoms with E-state index in [0.717, 1.165) is 11.1 Å². The number of aryl methyl sites for hydroxylation is 1. The number of halogens is 1. The van der Waals surface area contributed by atoms with Crippen molar-refractivity contribution >= 4 is 34.9 Å². The van der Waals surface area contributed by atoms with Crippen LogP contribution in [0.25, 0.3) is 11.1 Å². The van der Waals surface area contributed by atoms with Crippen molar-refractivity contribution < 1.29 is 4.42 Å². The van der Waals surface area contributed by atoms with Crippen LogP contribution in [0.5, 0.6) is 0 Å². The molecule has 0 fully saturated rings. The van der Waals surface area contributed by atoms with Gasteiger partial charge in [-0.3, -0.25) is 0 Å². The number of oxazole rings is 1. The lowest BCUT2D eigenvalue weighted by Crippen LogP contribution is -1.75. The largest absolute Gasteiger partial charge is 0.428 e. The summed E-state index contributed by atoms with van der Waals surface area (Å²) in [6.07, 6.45) is 0. The maximum absolute atomic E-state index is 5.88. The molecule has 0 aliphatic heterocycles. The van der Waals surface area contributed by atoms with E-state index in [-0.39, 0.29) is 0 Å². The van der Waals surface area contributed by atoms with Gasteiger partial charge in [0.1, 0.15) is 0 Å². The molecule has 1 heterocycles. The van der Waals surface area contributed by atoms with Gasteiger partial charge >= 0.3 is 0 Å². The highest BCUT2D eigenvalue weighted by atomic mass is 35.5. The summed E-state index contributed by atoms with van der Waals surface area (Å²) in [6.45, 7) is 1.97. The summed E-state index contributed by atoms with van der Waals surface area (Å²) in [7, 11) is 0. The van der Waals surface area contributed by atoms with Gasteiger partial charge in [-0.05, 0) is 30.8 Å². The fraction of sp³-hybridized carbons (Fsp3) is 0.125. The highest BCUT2D eigenvalue weighted by molar-refractivity contribution is 7.71. The first kappa shape index (κ1) is 7.83. The van der Waals surface area contributed by atoms with Crippen LogP contribution in [0.2, 0.25) is 5.02 Å². The molecule has 0 atom stereocenters. The number of aromatic amines is 1. The van der Waals surface area contributed by atoms with Crippen LogP contribution in [0, 0.1) is 11.8 Å². The normalized spacial score (nSPS) is 10.8. The van der Waals surface area contributed by atoms with Crippen LogP contribution in [-0.2, 0) is 0 Å². The molecule has 0 aliphatic rings. The van der Waals surface area contributed by atoms with Crippen molar-refractivity contribution in [2.75, 3.05) is 0 Å². The summed E-state index contributed by atoms with van der Waals surface area (Å²) in [4.78, 5) is 3.29. The van der Waals surface area contributed by atoms with Crippen LogP contribution >= 0.6 is 23.8 Å². The minimum atomic E-state index is 0.362. The number of rotatable bonds is 0. The zero-order valence-electron chi connectivity index (χ0n) is 6.35. The van der Waals surface area contributed by atoms with Crippen molar-refractivity contribution in [3.63, 3.8) is 0 Å². The standard InChI is InChI=1S/C8H6ClNOS/c1-4-2-3-5(9)7-6(4)10-8(12)11-7/h2-3H,1H3,(H,10,12). The van der Waals surface area contributed by atoms with E-state index in [0.29, 0.717) is 15.4 Å². The van der Waals surface area contributed by atoms with Crippen LogP contribution in [0.3, 0.4) is 0 Å². The van der Waals surface area contributed by atoms with Gasteiger partial charge in [0.25, 0.3) is 4.84 Å². The van der Waals surface area contributed by atoms with Crippen LogP contribution in [-0.4, -0.2) is 4.98 Å². The molecule has 12 heavy (non-hydrogen) atoms. The Bertz CT molecular complexity index is 443. The molecule has 1 aromatic heterocycles. The predicted octanol–water partition coefficient (Wildman–Crippen LogP) is 3.45. The molecule has 2 rings (SSSR count). The molecule has 1 N–H and O–H groups in total. The Morgan fingerprint density at radius 2 is 2.25 bits per heavy atom. The summed E-state index contributed by atoms with van der Waals surface area (Å²) in [5, 5.41) is 0.586. The molecule has 0 amide bonds. The predicted molar refractivity (Wildman–Crippen MR) is 51.1 cm³/mol. The van der Waals surface area contributed by atoms with E-state index in [9.17, 15) is 0 Å².